The van der Waals surface area contributed by atoms with E-state index in [-0.39, 0.29) is 10.1 Å². The van der Waals surface area contributed by atoms with E-state index in [4.69, 9.17) is 11.6 Å². The molecule has 1 N–H and O–H groups in total. The fourth-order valence-corrected chi connectivity index (χ4v) is 2.82. The maximum absolute atomic E-state index is 11.6. The Morgan fingerprint density at radius 2 is 2.27 bits per heavy atom. The van der Waals surface area contributed by atoms with Crippen LogP contribution in [0, 0.1) is 3.57 Å². The van der Waals surface area contributed by atoms with Gasteiger partial charge in [-0.15, -0.1) is 5.10 Å². The van der Waals surface area contributed by atoms with Gasteiger partial charge in [0.25, 0.3) is 5.91 Å². The first-order chi connectivity index (χ1) is 10.5. The van der Waals surface area contributed by atoms with Crippen molar-refractivity contribution in [2.24, 2.45) is 10.2 Å². The third kappa shape index (κ3) is 4.31. The number of thioether (sulfide) groups is 1. The Labute approximate surface area is 149 Å². The molecule has 1 aliphatic rings. The summed E-state index contributed by atoms with van der Waals surface area (Å²) in [7, 11) is 1.24. The highest BCUT2D eigenvalue weighted by Crippen LogP contribution is 2.24. The highest BCUT2D eigenvalue weighted by atomic mass is 127. The molecule has 0 aliphatic carbocycles. The Kier molecular flexibility index (Phi) is 5.98. The first-order valence-electron chi connectivity index (χ1n) is 5.85. The van der Waals surface area contributed by atoms with Crippen molar-refractivity contribution in [3.05, 3.63) is 43.3 Å². The molecule has 0 aromatic heterocycles. The number of rotatable bonds is 3. The van der Waals surface area contributed by atoms with E-state index in [1.807, 2.05) is 12.1 Å². The van der Waals surface area contributed by atoms with Gasteiger partial charge in [-0.05, 0) is 40.4 Å². The highest BCUT2D eigenvalue weighted by molar-refractivity contribution is 14.1. The normalized spacial score (nSPS) is 18.2. The lowest BCUT2D eigenvalue weighted by Crippen LogP contribution is -2.19. The molecule has 1 heterocycles. The Balaban J connectivity index is 2.10. The number of nitrogens with one attached hydrogen (secondary N) is 1. The lowest BCUT2D eigenvalue weighted by Gasteiger charge is -1.98. The van der Waals surface area contributed by atoms with Crippen LogP contribution in [0.25, 0.3) is 0 Å². The zero-order valence-electron chi connectivity index (χ0n) is 11.2. The maximum atomic E-state index is 11.6. The molecule has 9 heteroatoms. The first kappa shape index (κ1) is 17.0. The Bertz CT molecular complexity index is 718. The van der Waals surface area contributed by atoms with Gasteiger partial charge in [-0.25, -0.2) is 4.79 Å². The molecule has 0 radical (unpaired) electrons. The van der Waals surface area contributed by atoms with Crippen molar-refractivity contribution in [3.63, 3.8) is 0 Å². The third-order valence-electron chi connectivity index (χ3n) is 2.43. The van der Waals surface area contributed by atoms with Gasteiger partial charge in [-0.1, -0.05) is 23.7 Å². The second-order valence-corrected chi connectivity index (χ2v) is 6.40. The molecule has 1 aromatic carbocycles. The van der Waals surface area contributed by atoms with Crippen LogP contribution in [0.15, 0.2) is 39.4 Å². The van der Waals surface area contributed by atoms with Gasteiger partial charge in [-0.2, -0.15) is 5.10 Å². The number of carbonyl (C=O) groups excluding carboxylic acids is 2. The van der Waals surface area contributed by atoms with Gasteiger partial charge >= 0.3 is 5.97 Å². The lowest BCUT2D eigenvalue weighted by atomic mass is 10.2. The van der Waals surface area contributed by atoms with Crippen LogP contribution in [0.2, 0.25) is 5.02 Å². The molecule has 1 amide bonds. The topological polar surface area (TPSA) is 80.1 Å². The molecule has 114 valence electrons. The van der Waals surface area contributed by atoms with Crippen LogP contribution in [-0.4, -0.2) is 30.4 Å². The number of hydrogen-bond acceptors (Lipinski definition) is 6. The molecule has 1 aliphatic heterocycles. The van der Waals surface area contributed by atoms with Gasteiger partial charge in [0.15, 0.2) is 5.17 Å². The summed E-state index contributed by atoms with van der Waals surface area (Å²) in [5.74, 6) is -1.02. The molecule has 6 nitrogen and oxygen atoms in total. The van der Waals surface area contributed by atoms with E-state index in [1.54, 1.807) is 6.07 Å². The number of amidine groups is 1. The predicted octanol–water partition coefficient (Wildman–Crippen LogP) is 2.55. The molecule has 0 atom stereocenters. The smallest absolute Gasteiger partial charge is 0.331 e. The van der Waals surface area contributed by atoms with E-state index in [2.05, 4.69) is 42.8 Å². The quantitative estimate of drug-likeness (QED) is 0.253. The fourth-order valence-electron chi connectivity index (χ4n) is 1.40. The molecule has 2 rings (SSSR count). The number of carbonyl (C=O) groups is 2. The number of hydrogen-bond donors (Lipinski definition) is 1. The summed E-state index contributed by atoms with van der Waals surface area (Å²) in [6.07, 6.45) is 2.64. The van der Waals surface area contributed by atoms with Crippen molar-refractivity contribution < 1.29 is 14.3 Å². The molecule has 0 bridgehead atoms. The van der Waals surface area contributed by atoms with E-state index in [9.17, 15) is 9.59 Å². The van der Waals surface area contributed by atoms with E-state index in [1.165, 1.54) is 13.3 Å². The molecule has 1 saturated heterocycles. The van der Waals surface area contributed by atoms with Crippen LogP contribution in [0.4, 0.5) is 0 Å². The summed E-state index contributed by atoms with van der Waals surface area (Å²) in [5, 5.41) is 11.2. The second-order valence-electron chi connectivity index (χ2n) is 3.88. The number of ether oxygens (including phenoxy) is 1. The summed E-state index contributed by atoms with van der Waals surface area (Å²) in [6.45, 7) is 0. The number of methoxy groups -OCH3 is 1. The third-order valence-corrected chi connectivity index (χ3v) is 5.17. The van der Waals surface area contributed by atoms with Gasteiger partial charge < -0.3 is 4.74 Å². The summed E-state index contributed by atoms with van der Waals surface area (Å²) >= 11 is 9.13. The van der Waals surface area contributed by atoms with Crippen molar-refractivity contribution in [1.82, 2.24) is 5.32 Å². The van der Waals surface area contributed by atoms with Crippen molar-refractivity contribution in [3.8, 4) is 0 Å². The van der Waals surface area contributed by atoms with Crippen LogP contribution >= 0.6 is 46.0 Å². The van der Waals surface area contributed by atoms with Gasteiger partial charge in [0.1, 0.15) is 0 Å². The van der Waals surface area contributed by atoms with Gasteiger partial charge in [0, 0.05) is 15.2 Å². The van der Waals surface area contributed by atoms with Crippen molar-refractivity contribution >= 4 is 69.2 Å². The van der Waals surface area contributed by atoms with Crippen LogP contribution in [0.5, 0.6) is 0 Å². The van der Waals surface area contributed by atoms with E-state index < -0.39 is 11.9 Å². The summed E-state index contributed by atoms with van der Waals surface area (Å²) in [6, 6.07) is 5.44. The number of esters is 1. The minimum Gasteiger partial charge on any atom is -0.466 e. The molecule has 0 spiro atoms. The molecule has 1 aromatic rings. The van der Waals surface area contributed by atoms with Crippen molar-refractivity contribution in [2.45, 2.75) is 0 Å². The van der Waals surface area contributed by atoms with Crippen molar-refractivity contribution in [1.29, 1.82) is 0 Å². The average Bonchev–Trinajstić information content (AvgIpc) is 2.83. The number of nitrogens with zero attached hydrogens (tertiary/aromatic N) is 2. The molecule has 1 fully saturated rings. The second kappa shape index (κ2) is 7.75. The number of amides is 1. The molecular weight excluding hydrogens is 441 g/mol. The minimum absolute atomic E-state index is 0.207. The molecule has 22 heavy (non-hydrogen) atoms. The molecule has 0 saturated carbocycles. The zero-order valence-corrected chi connectivity index (χ0v) is 14.9. The molecular formula is C13H9ClIN3O3S. The van der Waals surface area contributed by atoms with E-state index in [0.717, 1.165) is 27.0 Å². The number of benzene rings is 1. The lowest BCUT2D eigenvalue weighted by molar-refractivity contribution is -0.135. The average molecular weight is 450 g/mol. The van der Waals surface area contributed by atoms with Crippen molar-refractivity contribution in [2.75, 3.05) is 7.11 Å². The highest BCUT2D eigenvalue weighted by Gasteiger charge is 2.24. The van der Waals surface area contributed by atoms with Gasteiger partial charge in [-0.3, -0.25) is 10.1 Å². The predicted molar refractivity (Wildman–Crippen MR) is 95.0 cm³/mol. The van der Waals surface area contributed by atoms with E-state index >= 15 is 0 Å². The first-order valence-corrected chi connectivity index (χ1v) is 8.12. The van der Waals surface area contributed by atoms with Crippen LogP contribution in [0.3, 0.4) is 0 Å². The largest absolute Gasteiger partial charge is 0.466 e. The van der Waals surface area contributed by atoms with Gasteiger partial charge in [0.2, 0.25) is 0 Å². The Morgan fingerprint density at radius 3 is 3.00 bits per heavy atom. The monoisotopic (exact) mass is 449 g/mol. The molecule has 0 unspecified atom stereocenters. The zero-order chi connectivity index (χ0) is 16.1. The Morgan fingerprint density at radius 1 is 1.50 bits per heavy atom. The summed E-state index contributed by atoms with van der Waals surface area (Å²) < 4.78 is 5.33. The fraction of sp³-hybridized carbons (Fsp3) is 0.0769. The Hall–Kier alpha value is -1.39. The van der Waals surface area contributed by atoms with Gasteiger partial charge in [0.05, 0.1) is 23.3 Å². The SMILES string of the molecule is COC(=O)/C=C1/S/C(=N\N=Cc2cccc(Cl)c2I)NC1=O. The summed E-state index contributed by atoms with van der Waals surface area (Å²) in [5.41, 5.74) is 0.817. The summed E-state index contributed by atoms with van der Waals surface area (Å²) in [4.78, 5) is 22.9. The van der Waals surface area contributed by atoms with Crippen LogP contribution in [-0.2, 0) is 14.3 Å². The maximum Gasteiger partial charge on any atom is 0.331 e. The number of halogens is 2. The van der Waals surface area contributed by atoms with E-state index in [0.29, 0.717) is 5.02 Å². The van der Waals surface area contributed by atoms with Crippen LogP contribution in [0.1, 0.15) is 5.56 Å². The van der Waals surface area contributed by atoms with Crippen LogP contribution < -0.4 is 5.32 Å². The minimum atomic E-state index is -0.601. The standard InChI is InChI=1S/C13H9ClIN3O3S/c1-21-10(19)5-9-12(20)17-13(22-9)18-16-6-7-3-2-4-8(14)11(7)15/h2-6H,1H3,(H,17,18,20)/b9-5+,16-6?.